The molecule has 0 spiro atoms. The number of piperidine rings is 1. The molecule has 1 saturated heterocycles. The molecular weight excluding hydrogens is 476 g/mol. The second kappa shape index (κ2) is 8.66. The summed E-state index contributed by atoms with van der Waals surface area (Å²) in [6.45, 7) is 1.23. The first kappa shape index (κ1) is 20.6. The van der Waals surface area contributed by atoms with E-state index >= 15 is 0 Å². The molecule has 0 radical (unpaired) electrons. The maximum Gasteiger partial charge on any atom is 0.271 e. The van der Waals surface area contributed by atoms with Crippen molar-refractivity contribution in [2.75, 3.05) is 25.2 Å². The minimum Gasteiger partial charge on any atom is -0.454 e. The van der Waals surface area contributed by atoms with Crippen molar-refractivity contribution >= 4 is 33.4 Å². The van der Waals surface area contributed by atoms with Crippen LogP contribution in [0.3, 0.4) is 0 Å². The number of benzene rings is 2. The molecule has 32 heavy (non-hydrogen) atoms. The SMILES string of the molecule is O=C(Nc1ccc2c(c1)OCO2)C1CCN(C(=O)c2cc(-c3ccc(Br)cc3)n[nH]2)CC1. The average Bonchev–Trinajstić information content (AvgIpc) is 3.49. The van der Waals surface area contributed by atoms with Crippen LogP contribution in [0, 0.1) is 5.92 Å². The highest BCUT2D eigenvalue weighted by molar-refractivity contribution is 9.10. The third-order valence-corrected chi connectivity index (χ3v) is 6.27. The largest absolute Gasteiger partial charge is 0.454 e. The van der Waals surface area contributed by atoms with Crippen molar-refractivity contribution in [2.24, 2.45) is 5.92 Å². The molecule has 3 aromatic rings. The number of aromatic nitrogens is 2. The zero-order valence-electron chi connectivity index (χ0n) is 17.1. The normalized spacial score (nSPS) is 15.6. The summed E-state index contributed by atoms with van der Waals surface area (Å²) >= 11 is 3.42. The molecule has 2 amide bonds. The quantitative estimate of drug-likeness (QED) is 0.567. The summed E-state index contributed by atoms with van der Waals surface area (Å²) in [4.78, 5) is 27.4. The van der Waals surface area contributed by atoms with Crippen LogP contribution in [0.5, 0.6) is 11.5 Å². The lowest BCUT2D eigenvalue weighted by Gasteiger charge is -2.31. The molecular formula is C23H21BrN4O4. The fourth-order valence-electron chi connectivity index (χ4n) is 3.93. The summed E-state index contributed by atoms with van der Waals surface area (Å²) in [5.41, 5.74) is 2.78. The molecule has 2 aliphatic rings. The van der Waals surface area contributed by atoms with Crippen molar-refractivity contribution in [1.82, 2.24) is 15.1 Å². The van der Waals surface area contributed by atoms with E-state index in [9.17, 15) is 9.59 Å². The van der Waals surface area contributed by atoms with Crippen LogP contribution in [0.25, 0.3) is 11.3 Å². The molecule has 3 heterocycles. The van der Waals surface area contributed by atoms with Crippen LogP contribution in [0.4, 0.5) is 5.69 Å². The number of hydrogen-bond donors (Lipinski definition) is 2. The summed E-state index contributed by atoms with van der Waals surface area (Å²) in [7, 11) is 0. The Labute approximate surface area is 193 Å². The summed E-state index contributed by atoms with van der Waals surface area (Å²) < 4.78 is 11.6. The van der Waals surface area contributed by atoms with Gasteiger partial charge in [-0.1, -0.05) is 28.1 Å². The Bertz CT molecular complexity index is 1150. The van der Waals surface area contributed by atoms with Gasteiger partial charge in [-0.2, -0.15) is 5.10 Å². The first-order chi connectivity index (χ1) is 15.6. The zero-order valence-corrected chi connectivity index (χ0v) is 18.7. The van der Waals surface area contributed by atoms with Gasteiger partial charge < -0.3 is 19.7 Å². The van der Waals surface area contributed by atoms with E-state index in [1.54, 1.807) is 29.2 Å². The number of aromatic amines is 1. The number of carbonyl (C=O) groups is 2. The van der Waals surface area contributed by atoms with Gasteiger partial charge in [-0.3, -0.25) is 14.7 Å². The maximum absolute atomic E-state index is 12.9. The van der Waals surface area contributed by atoms with Gasteiger partial charge in [-0.25, -0.2) is 0 Å². The van der Waals surface area contributed by atoms with Crippen LogP contribution >= 0.6 is 15.9 Å². The zero-order chi connectivity index (χ0) is 22.1. The van der Waals surface area contributed by atoms with E-state index in [0.717, 1.165) is 15.7 Å². The predicted molar refractivity (Wildman–Crippen MR) is 122 cm³/mol. The summed E-state index contributed by atoms with van der Waals surface area (Å²) in [6, 6.07) is 14.9. The molecule has 2 aromatic carbocycles. The van der Waals surface area contributed by atoms with Crippen LogP contribution in [0.1, 0.15) is 23.3 Å². The van der Waals surface area contributed by atoms with Crippen LogP contribution in [-0.2, 0) is 4.79 Å². The van der Waals surface area contributed by atoms with Crippen molar-refractivity contribution in [3.05, 3.63) is 58.7 Å². The van der Waals surface area contributed by atoms with E-state index in [1.165, 1.54) is 0 Å². The number of nitrogens with one attached hydrogen (secondary N) is 2. The Balaban J connectivity index is 1.17. The second-order valence-electron chi connectivity index (χ2n) is 7.80. The number of amides is 2. The lowest BCUT2D eigenvalue weighted by molar-refractivity contribution is -0.121. The number of halogens is 1. The highest BCUT2D eigenvalue weighted by Crippen LogP contribution is 2.34. The number of nitrogens with zero attached hydrogens (tertiary/aromatic N) is 2. The number of rotatable bonds is 4. The summed E-state index contributed by atoms with van der Waals surface area (Å²) in [6.07, 6.45) is 1.21. The highest BCUT2D eigenvalue weighted by atomic mass is 79.9. The molecule has 164 valence electrons. The minimum atomic E-state index is -0.149. The van der Waals surface area contributed by atoms with Crippen molar-refractivity contribution in [3.8, 4) is 22.8 Å². The first-order valence-corrected chi connectivity index (χ1v) is 11.2. The lowest BCUT2D eigenvalue weighted by atomic mass is 9.95. The monoisotopic (exact) mass is 496 g/mol. The van der Waals surface area contributed by atoms with E-state index in [2.05, 4.69) is 31.4 Å². The standard InChI is InChI=1S/C23H21BrN4O4/c24-16-3-1-14(2-4-16)18-12-19(27-26-18)23(30)28-9-7-15(8-10-28)22(29)25-17-5-6-20-21(11-17)32-13-31-20/h1-6,11-12,15H,7-10,13H2,(H,25,29)(H,26,27). The first-order valence-electron chi connectivity index (χ1n) is 10.4. The van der Waals surface area contributed by atoms with Gasteiger partial charge in [0.1, 0.15) is 5.69 Å². The van der Waals surface area contributed by atoms with Gasteiger partial charge >= 0.3 is 0 Å². The van der Waals surface area contributed by atoms with Crippen molar-refractivity contribution in [2.45, 2.75) is 12.8 Å². The van der Waals surface area contributed by atoms with E-state index in [-0.39, 0.29) is 24.5 Å². The third-order valence-electron chi connectivity index (χ3n) is 5.74. The van der Waals surface area contributed by atoms with Gasteiger partial charge in [0.2, 0.25) is 12.7 Å². The number of anilines is 1. The van der Waals surface area contributed by atoms with Gasteiger partial charge in [-0.05, 0) is 43.2 Å². The second-order valence-corrected chi connectivity index (χ2v) is 8.71. The van der Waals surface area contributed by atoms with Crippen molar-refractivity contribution in [1.29, 1.82) is 0 Å². The van der Waals surface area contributed by atoms with Crippen LogP contribution in [-0.4, -0.2) is 46.8 Å². The fourth-order valence-corrected chi connectivity index (χ4v) is 4.20. The van der Waals surface area contributed by atoms with Gasteiger partial charge in [0.15, 0.2) is 11.5 Å². The molecule has 0 bridgehead atoms. The van der Waals surface area contributed by atoms with E-state index in [0.29, 0.717) is 48.8 Å². The van der Waals surface area contributed by atoms with Gasteiger partial charge in [0.05, 0.1) is 5.69 Å². The Morgan fingerprint density at radius 3 is 2.56 bits per heavy atom. The molecule has 0 saturated carbocycles. The molecule has 0 aliphatic carbocycles. The molecule has 8 nitrogen and oxygen atoms in total. The Hall–Kier alpha value is -3.33. The van der Waals surface area contributed by atoms with Gasteiger partial charge in [0, 0.05) is 40.8 Å². The number of carbonyl (C=O) groups excluding carboxylic acids is 2. The Morgan fingerprint density at radius 1 is 1.03 bits per heavy atom. The van der Waals surface area contributed by atoms with Crippen LogP contribution in [0.15, 0.2) is 53.0 Å². The number of ether oxygens (including phenoxy) is 2. The summed E-state index contributed by atoms with van der Waals surface area (Å²) in [5.74, 6) is 1.01. The number of hydrogen-bond acceptors (Lipinski definition) is 5. The van der Waals surface area contributed by atoms with E-state index in [1.807, 2.05) is 24.3 Å². The molecule has 5 rings (SSSR count). The molecule has 1 fully saturated rings. The fraction of sp³-hybridized carbons (Fsp3) is 0.261. The van der Waals surface area contributed by atoms with E-state index in [4.69, 9.17) is 9.47 Å². The molecule has 9 heteroatoms. The average molecular weight is 497 g/mol. The van der Waals surface area contributed by atoms with Gasteiger partial charge in [0.25, 0.3) is 5.91 Å². The topological polar surface area (TPSA) is 96.6 Å². The van der Waals surface area contributed by atoms with Crippen molar-refractivity contribution in [3.63, 3.8) is 0 Å². The van der Waals surface area contributed by atoms with Crippen molar-refractivity contribution < 1.29 is 19.1 Å². The highest BCUT2D eigenvalue weighted by Gasteiger charge is 2.29. The molecule has 0 unspecified atom stereocenters. The smallest absolute Gasteiger partial charge is 0.271 e. The van der Waals surface area contributed by atoms with Gasteiger partial charge in [-0.15, -0.1) is 0 Å². The predicted octanol–water partition coefficient (Wildman–Crippen LogP) is 4.06. The number of likely N-dealkylation sites (tertiary alicyclic amines) is 1. The Morgan fingerprint density at radius 2 is 1.78 bits per heavy atom. The minimum absolute atomic E-state index is 0.0463. The summed E-state index contributed by atoms with van der Waals surface area (Å²) in [5, 5.41) is 10.1. The number of fused-ring (bicyclic) bond motifs is 1. The molecule has 0 atom stereocenters. The molecule has 2 aliphatic heterocycles. The number of H-pyrrole nitrogens is 1. The third kappa shape index (κ3) is 4.20. The van der Waals surface area contributed by atoms with E-state index < -0.39 is 0 Å². The molecule has 2 N–H and O–H groups in total. The lowest BCUT2D eigenvalue weighted by Crippen LogP contribution is -2.41. The van der Waals surface area contributed by atoms with Crippen LogP contribution < -0.4 is 14.8 Å². The molecule has 1 aromatic heterocycles. The van der Waals surface area contributed by atoms with Crippen LogP contribution in [0.2, 0.25) is 0 Å². The maximum atomic E-state index is 12.9. The Kier molecular flexibility index (Phi) is 5.57.